The Morgan fingerprint density at radius 1 is 1.43 bits per heavy atom. The van der Waals surface area contributed by atoms with Crippen molar-refractivity contribution in [3.8, 4) is 0 Å². The number of carbonyl (C=O) groups excluding carboxylic acids is 1. The first-order valence-corrected chi connectivity index (χ1v) is 7.20. The van der Waals surface area contributed by atoms with Crippen LogP contribution in [-0.4, -0.2) is 29.9 Å². The van der Waals surface area contributed by atoms with Gasteiger partial charge in [0, 0.05) is 24.5 Å². The van der Waals surface area contributed by atoms with E-state index in [2.05, 4.69) is 6.92 Å². The summed E-state index contributed by atoms with van der Waals surface area (Å²) in [6.07, 6.45) is 2.16. The Balaban J connectivity index is 0.00000161. The summed E-state index contributed by atoms with van der Waals surface area (Å²) in [5.41, 5.74) is 6.61. The molecule has 0 aliphatic carbocycles. The lowest BCUT2D eigenvalue weighted by molar-refractivity contribution is 0.0503. The second kappa shape index (κ2) is 6.50. The molecule has 1 aliphatic rings. The maximum Gasteiger partial charge on any atom is 0.289 e. The zero-order chi connectivity index (χ0) is 14.1. The van der Waals surface area contributed by atoms with Gasteiger partial charge >= 0.3 is 0 Å². The number of rotatable bonds is 2. The number of hydrogen-bond acceptors (Lipinski definition) is 3. The summed E-state index contributed by atoms with van der Waals surface area (Å²) in [5.74, 6) is 0.823. The minimum absolute atomic E-state index is 0. The monoisotopic (exact) mass is 308 g/mol. The van der Waals surface area contributed by atoms with Gasteiger partial charge in [-0.05, 0) is 30.9 Å². The van der Waals surface area contributed by atoms with Crippen molar-refractivity contribution >= 4 is 29.3 Å². The summed E-state index contributed by atoms with van der Waals surface area (Å²) in [6, 6.07) is 9.62. The Morgan fingerprint density at radius 3 is 2.90 bits per heavy atom. The van der Waals surface area contributed by atoms with Gasteiger partial charge in [0.05, 0.1) is 0 Å². The Hall–Kier alpha value is -1.52. The standard InChI is InChI=1S/C16H20N2O2.ClH/c1-11-5-4-8-18(13(11)10-17)16(19)15-9-12-6-2-3-7-14(12)20-15;/h2-3,6-7,9,11,13H,4-5,8,10,17H2,1H3;1H. The summed E-state index contributed by atoms with van der Waals surface area (Å²) in [4.78, 5) is 14.5. The van der Waals surface area contributed by atoms with Gasteiger partial charge in [0.15, 0.2) is 5.76 Å². The molecule has 21 heavy (non-hydrogen) atoms. The molecule has 5 heteroatoms. The number of likely N-dealkylation sites (tertiary alicyclic amines) is 1. The van der Waals surface area contributed by atoms with Gasteiger partial charge in [-0.15, -0.1) is 12.4 Å². The van der Waals surface area contributed by atoms with Crippen molar-refractivity contribution in [3.63, 3.8) is 0 Å². The van der Waals surface area contributed by atoms with Gasteiger partial charge in [-0.25, -0.2) is 0 Å². The molecule has 3 rings (SSSR count). The van der Waals surface area contributed by atoms with Crippen molar-refractivity contribution in [1.29, 1.82) is 0 Å². The highest BCUT2D eigenvalue weighted by atomic mass is 35.5. The van der Waals surface area contributed by atoms with E-state index >= 15 is 0 Å². The number of nitrogens with two attached hydrogens (primary N) is 1. The number of halogens is 1. The molecule has 0 bridgehead atoms. The second-order valence-electron chi connectivity index (χ2n) is 5.57. The van der Waals surface area contributed by atoms with Crippen LogP contribution in [0.15, 0.2) is 34.7 Å². The van der Waals surface area contributed by atoms with E-state index in [-0.39, 0.29) is 24.4 Å². The topological polar surface area (TPSA) is 59.5 Å². The lowest BCUT2D eigenvalue weighted by Crippen LogP contribution is -2.51. The Labute approximate surface area is 130 Å². The van der Waals surface area contributed by atoms with Crippen LogP contribution in [0.25, 0.3) is 11.0 Å². The molecule has 1 fully saturated rings. The Bertz CT molecular complexity index is 593. The molecule has 1 amide bonds. The molecule has 1 aromatic carbocycles. The molecule has 0 saturated carbocycles. The van der Waals surface area contributed by atoms with Gasteiger partial charge in [-0.3, -0.25) is 4.79 Å². The molecule has 0 spiro atoms. The van der Waals surface area contributed by atoms with Gasteiger partial charge < -0.3 is 15.1 Å². The molecule has 1 aromatic heterocycles. The normalized spacial score (nSPS) is 22.1. The first-order valence-electron chi connectivity index (χ1n) is 7.20. The molecule has 2 unspecified atom stereocenters. The zero-order valence-corrected chi connectivity index (χ0v) is 12.9. The van der Waals surface area contributed by atoms with Gasteiger partial charge in [0.25, 0.3) is 5.91 Å². The quantitative estimate of drug-likeness (QED) is 0.927. The predicted octanol–water partition coefficient (Wildman–Crippen LogP) is 3.05. The van der Waals surface area contributed by atoms with Crippen molar-refractivity contribution in [2.75, 3.05) is 13.1 Å². The van der Waals surface area contributed by atoms with Gasteiger partial charge in [-0.1, -0.05) is 25.1 Å². The number of amides is 1. The van der Waals surface area contributed by atoms with E-state index in [1.165, 1.54) is 0 Å². The molecular weight excluding hydrogens is 288 g/mol. The lowest BCUT2D eigenvalue weighted by atomic mass is 9.90. The zero-order valence-electron chi connectivity index (χ0n) is 12.1. The van der Waals surface area contributed by atoms with E-state index in [1.54, 1.807) is 0 Å². The minimum Gasteiger partial charge on any atom is -0.451 e. The summed E-state index contributed by atoms with van der Waals surface area (Å²) < 4.78 is 5.68. The average Bonchev–Trinajstić information content (AvgIpc) is 2.90. The number of hydrogen-bond donors (Lipinski definition) is 1. The van der Waals surface area contributed by atoms with E-state index in [1.807, 2.05) is 35.2 Å². The Morgan fingerprint density at radius 2 is 2.19 bits per heavy atom. The van der Waals surface area contributed by atoms with Gasteiger partial charge in [0.1, 0.15) is 5.58 Å². The molecule has 2 N–H and O–H groups in total. The third-order valence-corrected chi connectivity index (χ3v) is 4.25. The van der Waals surface area contributed by atoms with Crippen molar-refractivity contribution < 1.29 is 9.21 Å². The van der Waals surface area contributed by atoms with Crippen LogP contribution < -0.4 is 5.73 Å². The minimum atomic E-state index is -0.0387. The molecule has 2 atom stereocenters. The molecule has 2 aromatic rings. The van der Waals surface area contributed by atoms with Gasteiger partial charge in [0.2, 0.25) is 0 Å². The summed E-state index contributed by atoms with van der Waals surface area (Å²) in [6.45, 7) is 3.44. The van der Waals surface area contributed by atoms with Crippen LogP contribution in [0.1, 0.15) is 30.3 Å². The highest BCUT2D eigenvalue weighted by Gasteiger charge is 2.32. The predicted molar refractivity (Wildman–Crippen MR) is 85.7 cm³/mol. The molecule has 1 aliphatic heterocycles. The van der Waals surface area contributed by atoms with E-state index in [0.717, 1.165) is 30.4 Å². The van der Waals surface area contributed by atoms with E-state index in [4.69, 9.17) is 10.2 Å². The van der Waals surface area contributed by atoms with E-state index in [0.29, 0.717) is 18.2 Å². The third-order valence-electron chi connectivity index (χ3n) is 4.25. The second-order valence-corrected chi connectivity index (χ2v) is 5.57. The molecular formula is C16H21ClN2O2. The molecule has 1 saturated heterocycles. The maximum absolute atomic E-state index is 12.7. The van der Waals surface area contributed by atoms with Crippen molar-refractivity contribution in [1.82, 2.24) is 4.90 Å². The fraction of sp³-hybridized carbons (Fsp3) is 0.438. The van der Waals surface area contributed by atoms with Gasteiger partial charge in [-0.2, -0.15) is 0 Å². The molecule has 0 radical (unpaired) electrons. The smallest absolute Gasteiger partial charge is 0.289 e. The SMILES string of the molecule is CC1CCCN(C(=O)c2cc3ccccc3o2)C1CN.Cl. The fourth-order valence-electron chi connectivity index (χ4n) is 3.09. The number of para-hydroxylation sites is 1. The van der Waals surface area contributed by atoms with Crippen LogP contribution in [0.2, 0.25) is 0 Å². The largest absolute Gasteiger partial charge is 0.451 e. The molecule has 114 valence electrons. The van der Waals surface area contributed by atoms with E-state index < -0.39 is 0 Å². The highest BCUT2D eigenvalue weighted by Crippen LogP contribution is 2.26. The molecule has 4 nitrogen and oxygen atoms in total. The van der Waals surface area contributed by atoms with Crippen LogP contribution in [0.3, 0.4) is 0 Å². The summed E-state index contributed by atoms with van der Waals surface area (Å²) in [7, 11) is 0. The summed E-state index contributed by atoms with van der Waals surface area (Å²) >= 11 is 0. The number of fused-ring (bicyclic) bond motifs is 1. The number of carbonyl (C=O) groups is 1. The average molecular weight is 309 g/mol. The van der Waals surface area contributed by atoms with Crippen molar-refractivity contribution in [2.24, 2.45) is 11.7 Å². The highest BCUT2D eigenvalue weighted by molar-refractivity contribution is 5.96. The molecule has 2 heterocycles. The number of benzene rings is 1. The number of piperidine rings is 1. The van der Waals surface area contributed by atoms with Crippen LogP contribution in [0.5, 0.6) is 0 Å². The van der Waals surface area contributed by atoms with Crippen molar-refractivity contribution in [3.05, 3.63) is 36.1 Å². The van der Waals surface area contributed by atoms with Crippen LogP contribution in [0.4, 0.5) is 0 Å². The van der Waals surface area contributed by atoms with Crippen LogP contribution in [-0.2, 0) is 0 Å². The Kier molecular flexibility index (Phi) is 4.91. The van der Waals surface area contributed by atoms with Crippen LogP contribution >= 0.6 is 12.4 Å². The van der Waals surface area contributed by atoms with Crippen molar-refractivity contribution in [2.45, 2.75) is 25.8 Å². The number of nitrogens with zero attached hydrogens (tertiary/aromatic N) is 1. The first-order chi connectivity index (χ1) is 9.70. The summed E-state index contributed by atoms with van der Waals surface area (Å²) in [5, 5.41) is 0.963. The van der Waals surface area contributed by atoms with Crippen LogP contribution in [0, 0.1) is 5.92 Å². The first kappa shape index (κ1) is 15.9. The maximum atomic E-state index is 12.7. The number of furan rings is 1. The fourth-order valence-corrected chi connectivity index (χ4v) is 3.09. The third kappa shape index (κ3) is 2.92. The lowest BCUT2D eigenvalue weighted by Gasteiger charge is -2.38. The van der Waals surface area contributed by atoms with E-state index in [9.17, 15) is 4.79 Å².